The number of carbonyl (C=O) groups is 1. The highest BCUT2D eigenvalue weighted by Gasteiger charge is 2.10. The van der Waals surface area contributed by atoms with E-state index in [9.17, 15) is 9.18 Å². The quantitative estimate of drug-likeness (QED) is 0.645. The first-order chi connectivity index (χ1) is 12.0. The molecule has 6 nitrogen and oxygen atoms in total. The number of hydrazone groups is 1. The number of nitrogens with one attached hydrogen (secondary N) is 1. The van der Waals surface area contributed by atoms with E-state index in [2.05, 4.69) is 10.5 Å². The van der Waals surface area contributed by atoms with Gasteiger partial charge in [-0.3, -0.25) is 4.79 Å². The summed E-state index contributed by atoms with van der Waals surface area (Å²) in [5, 5.41) is 4.01. The monoisotopic (exact) mass is 346 g/mol. The van der Waals surface area contributed by atoms with E-state index in [1.165, 1.54) is 33.5 Å². The Morgan fingerprint density at radius 3 is 2.12 bits per heavy atom. The summed E-state index contributed by atoms with van der Waals surface area (Å²) in [5.41, 5.74) is 3.74. The molecule has 0 heterocycles. The van der Waals surface area contributed by atoms with E-state index in [1.807, 2.05) is 0 Å². The van der Waals surface area contributed by atoms with Crippen molar-refractivity contribution < 1.29 is 23.4 Å². The van der Waals surface area contributed by atoms with E-state index in [4.69, 9.17) is 14.2 Å². The maximum atomic E-state index is 13.7. The molecule has 0 aromatic heterocycles. The molecule has 0 saturated carbocycles. The molecule has 2 aromatic rings. The zero-order chi connectivity index (χ0) is 18.4. The summed E-state index contributed by atoms with van der Waals surface area (Å²) >= 11 is 0. The fourth-order valence-electron chi connectivity index (χ4n) is 2.09. The van der Waals surface area contributed by atoms with Crippen LogP contribution in [-0.2, 0) is 0 Å². The number of halogens is 1. The summed E-state index contributed by atoms with van der Waals surface area (Å²) in [4.78, 5) is 12.3. The van der Waals surface area contributed by atoms with Crippen LogP contribution in [0.5, 0.6) is 17.2 Å². The van der Waals surface area contributed by atoms with Gasteiger partial charge in [-0.25, -0.2) is 9.82 Å². The highest BCUT2D eigenvalue weighted by molar-refractivity contribution is 6.01. The second-order valence-electron chi connectivity index (χ2n) is 5.09. The van der Waals surface area contributed by atoms with Crippen molar-refractivity contribution in [2.75, 3.05) is 21.3 Å². The van der Waals surface area contributed by atoms with Crippen LogP contribution in [0.4, 0.5) is 4.39 Å². The second-order valence-corrected chi connectivity index (χ2v) is 5.09. The number of methoxy groups -OCH3 is 3. The summed E-state index contributed by atoms with van der Waals surface area (Å²) in [6, 6.07) is 9.23. The molecule has 0 bridgehead atoms. The van der Waals surface area contributed by atoms with Crippen LogP contribution in [0.15, 0.2) is 41.5 Å². The lowest BCUT2D eigenvalue weighted by Gasteiger charge is -2.08. The number of benzene rings is 2. The van der Waals surface area contributed by atoms with Gasteiger partial charge in [0.1, 0.15) is 11.5 Å². The van der Waals surface area contributed by atoms with Gasteiger partial charge in [-0.1, -0.05) is 0 Å². The van der Waals surface area contributed by atoms with Crippen LogP contribution in [-0.4, -0.2) is 32.9 Å². The second kappa shape index (κ2) is 8.14. The van der Waals surface area contributed by atoms with Crippen LogP contribution in [0.1, 0.15) is 22.8 Å². The van der Waals surface area contributed by atoms with Gasteiger partial charge >= 0.3 is 0 Å². The Bertz CT molecular complexity index is 783. The number of carbonyl (C=O) groups excluding carboxylic acids is 1. The summed E-state index contributed by atoms with van der Waals surface area (Å²) in [6.07, 6.45) is 0. The van der Waals surface area contributed by atoms with Crippen molar-refractivity contribution >= 4 is 11.6 Å². The average molecular weight is 346 g/mol. The molecule has 0 aliphatic carbocycles. The van der Waals surface area contributed by atoms with Gasteiger partial charge in [0.05, 0.1) is 27.0 Å². The molecule has 2 rings (SSSR count). The Hall–Kier alpha value is -3.09. The highest BCUT2D eigenvalue weighted by atomic mass is 19.1. The number of amides is 1. The molecule has 0 unspecified atom stereocenters. The maximum Gasteiger partial charge on any atom is 0.271 e. The molecule has 2 aromatic carbocycles. The summed E-state index contributed by atoms with van der Waals surface area (Å²) in [5.74, 6) is 0.179. The lowest BCUT2D eigenvalue weighted by molar-refractivity contribution is 0.0954. The smallest absolute Gasteiger partial charge is 0.271 e. The van der Waals surface area contributed by atoms with Crippen molar-refractivity contribution in [3.8, 4) is 17.2 Å². The largest absolute Gasteiger partial charge is 0.497 e. The molecule has 0 radical (unpaired) electrons. The zero-order valence-corrected chi connectivity index (χ0v) is 14.4. The van der Waals surface area contributed by atoms with Crippen LogP contribution in [0.2, 0.25) is 0 Å². The predicted molar refractivity (Wildman–Crippen MR) is 92.2 cm³/mol. The topological polar surface area (TPSA) is 69.2 Å². The van der Waals surface area contributed by atoms with E-state index in [-0.39, 0.29) is 5.75 Å². The summed E-state index contributed by atoms with van der Waals surface area (Å²) in [7, 11) is 4.38. The SMILES string of the molecule is COc1cc(OC)cc(C(=O)N/N=C(/C)c2ccc(OC)c(F)c2)c1. The van der Waals surface area contributed by atoms with Crippen molar-refractivity contribution in [2.24, 2.45) is 5.10 Å². The minimum atomic E-state index is -0.501. The van der Waals surface area contributed by atoms with E-state index in [0.29, 0.717) is 28.3 Å². The Morgan fingerprint density at radius 2 is 1.60 bits per heavy atom. The molecule has 0 aliphatic rings. The lowest BCUT2D eigenvalue weighted by atomic mass is 10.1. The van der Waals surface area contributed by atoms with Crippen molar-refractivity contribution in [3.05, 3.63) is 53.3 Å². The number of nitrogens with zero attached hydrogens (tertiary/aromatic N) is 1. The molecule has 25 heavy (non-hydrogen) atoms. The molecule has 0 fully saturated rings. The Kier molecular flexibility index (Phi) is 5.94. The molecule has 132 valence electrons. The lowest BCUT2D eigenvalue weighted by Crippen LogP contribution is -2.19. The molecular weight excluding hydrogens is 327 g/mol. The van der Waals surface area contributed by atoms with Gasteiger partial charge in [0, 0.05) is 17.2 Å². The minimum Gasteiger partial charge on any atom is -0.497 e. The summed E-state index contributed by atoms with van der Waals surface area (Å²) < 4.78 is 28.9. The maximum absolute atomic E-state index is 13.7. The average Bonchev–Trinajstić information content (AvgIpc) is 2.65. The van der Waals surface area contributed by atoms with Crippen molar-refractivity contribution in [1.29, 1.82) is 0 Å². The van der Waals surface area contributed by atoms with Crippen LogP contribution < -0.4 is 19.6 Å². The van der Waals surface area contributed by atoms with E-state index in [0.717, 1.165) is 0 Å². The molecule has 0 saturated heterocycles. The van der Waals surface area contributed by atoms with Gasteiger partial charge in [-0.15, -0.1) is 0 Å². The molecule has 1 amide bonds. The number of rotatable bonds is 6. The molecule has 1 N–H and O–H groups in total. The first-order valence-electron chi connectivity index (χ1n) is 7.40. The minimum absolute atomic E-state index is 0.143. The van der Waals surface area contributed by atoms with Crippen molar-refractivity contribution in [3.63, 3.8) is 0 Å². The van der Waals surface area contributed by atoms with Crippen LogP contribution in [0.3, 0.4) is 0 Å². The van der Waals surface area contributed by atoms with Crippen LogP contribution in [0, 0.1) is 5.82 Å². The van der Waals surface area contributed by atoms with Gasteiger partial charge in [-0.2, -0.15) is 5.10 Å². The van der Waals surface area contributed by atoms with Crippen molar-refractivity contribution in [2.45, 2.75) is 6.92 Å². The Balaban J connectivity index is 2.17. The standard InChI is InChI=1S/C18H19FN2O4/c1-11(12-5-6-17(25-4)16(19)9-12)20-21-18(22)13-7-14(23-2)10-15(8-13)24-3/h5-10H,1-4H3,(H,21,22)/b20-11-. The Labute approximate surface area is 145 Å². The van der Waals surface area contributed by atoms with E-state index in [1.54, 1.807) is 31.2 Å². The third kappa shape index (κ3) is 4.47. The number of hydrogen-bond donors (Lipinski definition) is 1. The Morgan fingerprint density at radius 1 is 0.960 bits per heavy atom. The third-order valence-corrected chi connectivity index (χ3v) is 3.51. The van der Waals surface area contributed by atoms with E-state index >= 15 is 0 Å². The number of hydrogen-bond acceptors (Lipinski definition) is 5. The van der Waals surface area contributed by atoms with Gasteiger partial charge in [-0.05, 0) is 37.3 Å². The molecule has 0 aliphatic heterocycles. The molecule has 0 spiro atoms. The van der Waals surface area contributed by atoms with Gasteiger partial charge in [0.25, 0.3) is 5.91 Å². The highest BCUT2D eigenvalue weighted by Crippen LogP contribution is 2.22. The van der Waals surface area contributed by atoms with Gasteiger partial charge in [0.2, 0.25) is 0 Å². The zero-order valence-electron chi connectivity index (χ0n) is 14.4. The van der Waals surface area contributed by atoms with E-state index < -0.39 is 11.7 Å². The first kappa shape index (κ1) is 18.3. The normalized spacial score (nSPS) is 11.0. The van der Waals surface area contributed by atoms with Crippen LogP contribution in [0.25, 0.3) is 0 Å². The van der Waals surface area contributed by atoms with Crippen molar-refractivity contribution in [1.82, 2.24) is 5.43 Å². The number of ether oxygens (including phenoxy) is 3. The first-order valence-corrected chi connectivity index (χ1v) is 7.40. The third-order valence-electron chi connectivity index (χ3n) is 3.51. The fraction of sp³-hybridized carbons (Fsp3) is 0.222. The molecule has 0 atom stereocenters. The van der Waals surface area contributed by atoms with Gasteiger partial charge in [0.15, 0.2) is 11.6 Å². The fourth-order valence-corrected chi connectivity index (χ4v) is 2.09. The van der Waals surface area contributed by atoms with Crippen LogP contribution >= 0.6 is 0 Å². The predicted octanol–water partition coefficient (Wildman–Crippen LogP) is 3.01. The molecule has 7 heteroatoms. The molecular formula is C18H19FN2O4. The van der Waals surface area contributed by atoms with Gasteiger partial charge < -0.3 is 14.2 Å². The summed E-state index contributed by atoms with van der Waals surface area (Å²) in [6.45, 7) is 1.66.